The van der Waals surface area contributed by atoms with Crippen LogP contribution in [0.1, 0.15) is 12.0 Å². The number of ether oxygens (including phenoxy) is 1. The van der Waals surface area contributed by atoms with E-state index in [0.29, 0.717) is 25.2 Å². The van der Waals surface area contributed by atoms with Crippen molar-refractivity contribution in [3.05, 3.63) is 35.6 Å². The maximum atomic E-state index is 13.6. The summed E-state index contributed by atoms with van der Waals surface area (Å²) in [5.41, 5.74) is 0.737. The second kappa shape index (κ2) is 6.27. The van der Waals surface area contributed by atoms with Gasteiger partial charge in [-0.1, -0.05) is 18.2 Å². The summed E-state index contributed by atoms with van der Waals surface area (Å²) < 4.78 is 19.2. The minimum Gasteiger partial charge on any atom is -0.380 e. The fraction of sp³-hybridized carbons (Fsp3) is 0.571. The zero-order valence-electron chi connectivity index (χ0n) is 11.0. The van der Waals surface area contributed by atoms with Gasteiger partial charge < -0.3 is 10.1 Å². The van der Waals surface area contributed by atoms with E-state index in [-0.39, 0.29) is 5.82 Å². The lowest BCUT2D eigenvalue weighted by Gasteiger charge is -2.37. The Morgan fingerprint density at radius 2 is 2.22 bits per heavy atom. The molecule has 4 heteroatoms. The minimum absolute atomic E-state index is 0.137. The Kier molecular flexibility index (Phi) is 4.69. The summed E-state index contributed by atoms with van der Waals surface area (Å²) in [6.07, 6.45) is 1.00. The SMILES string of the molecule is CNC1CCOCC1N(C)Cc1ccccc1F. The van der Waals surface area contributed by atoms with E-state index in [0.717, 1.165) is 18.6 Å². The smallest absolute Gasteiger partial charge is 0.127 e. The molecule has 0 saturated carbocycles. The summed E-state index contributed by atoms with van der Waals surface area (Å²) in [4.78, 5) is 2.17. The highest BCUT2D eigenvalue weighted by Crippen LogP contribution is 2.16. The molecule has 0 spiro atoms. The monoisotopic (exact) mass is 252 g/mol. The molecular weight excluding hydrogens is 231 g/mol. The number of benzene rings is 1. The highest BCUT2D eigenvalue weighted by Gasteiger charge is 2.28. The van der Waals surface area contributed by atoms with Crippen LogP contribution in [0.5, 0.6) is 0 Å². The van der Waals surface area contributed by atoms with Crippen LogP contribution in [-0.2, 0) is 11.3 Å². The van der Waals surface area contributed by atoms with E-state index in [4.69, 9.17) is 4.74 Å². The van der Waals surface area contributed by atoms with Gasteiger partial charge in [0, 0.05) is 30.8 Å². The lowest BCUT2D eigenvalue weighted by molar-refractivity contribution is 0.00494. The maximum Gasteiger partial charge on any atom is 0.127 e. The summed E-state index contributed by atoms with van der Waals surface area (Å²) >= 11 is 0. The van der Waals surface area contributed by atoms with Gasteiger partial charge in [0.05, 0.1) is 6.61 Å². The molecule has 2 unspecified atom stereocenters. The highest BCUT2D eigenvalue weighted by molar-refractivity contribution is 5.17. The van der Waals surface area contributed by atoms with Gasteiger partial charge in [0.25, 0.3) is 0 Å². The molecule has 1 aromatic carbocycles. The first kappa shape index (κ1) is 13.5. The number of hydrogen-bond donors (Lipinski definition) is 1. The van der Waals surface area contributed by atoms with Crippen molar-refractivity contribution in [2.75, 3.05) is 27.3 Å². The quantitative estimate of drug-likeness (QED) is 0.881. The van der Waals surface area contributed by atoms with Crippen molar-refractivity contribution in [1.29, 1.82) is 0 Å². The number of nitrogens with one attached hydrogen (secondary N) is 1. The number of rotatable bonds is 4. The molecule has 1 saturated heterocycles. The van der Waals surface area contributed by atoms with Gasteiger partial charge in [0.2, 0.25) is 0 Å². The normalized spacial score (nSPS) is 24.4. The molecule has 1 fully saturated rings. The van der Waals surface area contributed by atoms with Gasteiger partial charge in [-0.25, -0.2) is 4.39 Å². The standard InChI is InChI=1S/C14H21FN2O/c1-16-13-7-8-18-10-14(13)17(2)9-11-5-3-4-6-12(11)15/h3-6,13-14,16H,7-10H2,1-2H3. The lowest BCUT2D eigenvalue weighted by atomic mass is 10.0. The Balaban J connectivity index is 2.02. The molecule has 0 aromatic heterocycles. The van der Waals surface area contributed by atoms with Crippen molar-refractivity contribution < 1.29 is 9.13 Å². The third kappa shape index (κ3) is 3.07. The van der Waals surface area contributed by atoms with Crippen LogP contribution >= 0.6 is 0 Å². The zero-order valence-corrected chi connectivity index (χ0v) is 11.0. The van der Waals surface area contributed by atoms with Crippen LogP contribution in [0.3, 0.4) is 0 Å². The highest BCUT2D eigenvalue weighted by atomic mass is 19.1. The largest absolute Gasteiger partial charge is 0.380 e. The fourth-order valence-electron chi connectivity index (χ4n) is 2.51. The molecule has 2 rings (SSSR count). The molecule has 0 aliphatic carbocycles. The third-order valence-corrected chi connectivity index (χ3v) is 3.64. The first-order valence-electron chi connectivity index (χ1n) is 6.41. The van der Waals surface area contributed by atoms with Crippen molar-refractivity contribution in [3.63, 3.8) is 0 Å². The molecule has 1 aliphatic heterocycles. The zero-order chi connectivity index (χ0) is 13.0. The second-order valence-corrected chi connectivity index (χ2v) is 4.83. The van der Waals surface area contributed by atoms with Gasteiger partial charge in [-0.05, 0) is 26.6 Å². The van der Waals surface area contributed by atoms with Crippen LogP contribution in [0, 0.1) is 5.82 Å². The van der Waals surface area contributed by atoms with Crippen LogP contribution in [0.2, 0.25) is 0 Å². The van der Waals surface area contributed by atoms with E-state index in [2.05, 4.69) is 10.2 Å². The summed E-state index contributed by atoms with van der Waals surface area (Å²) in [7, 11) is 4.00. The van der Waals surface area contributed by atoms with Gasteiger partial charge in [0.1, 0.15) is 5.82 Å². The Morgan fingerprint density at radius 1 is 1.44 bits per heavy atom. The summed E-state index contributed by atoms with van der Waals surface area (Å²) in [6, 6.07) is 7.65. The van der Waals surface area contributed by atoms with Gasteiger partial charge in [-0.15, -0.1) is 0 Å². The predicted octanol–water partition coefficient (Wildman–Crippen LogP) is 1.63. The maximum absolute atomic E-state index is 13.6. The van der Waals surface area contributed by atoms with Gasteiger partial charge >= 0.3 is 0 Å². The van der Waals surface area contributed by atoms with Crippen molar-refractivity contribution in [2.45, 2.75) is 25.0 Å². The first-order valence-corrected chi connectivity index (χ1v) is 6.41. The van der Waals surface area contributed by atoms with E-state index in [1.165, 1.54) is 6.07 Å². The molecule has 0 amide bonds. The number of nitrogens with zero attached hydrogens (tertiary/aromatic N) is 1. The van der Waals surface area contributed by atoms with Crippen LogP contribution in [-0.4, -0.2) is 44.3 Å². The Bertz CT molecular complexity index is 386. The van der Waals surface area contributed by atoms with Crippen LogP contribution in [0.15, 0.2) is 24.3 Å². The van der Waals surface area contributed by atoms with E-state index in [1.54, 1.807) is 6.07 Å². The molecule has 1 heterocycles. The van der Waals surface area contributed by atoms with Crippen molar-refractivity contribution in [2.24, 2.45) is 0 Å². The average molecular weight is 252 g/mol. The van der Waals surface area contributed by atoms with E-state index < -0.39 is 0 Å². The topological polar surface area (TPSA) is 24.5 Å². The second-order valence-electron chi connectivity index (χ2n) is 4.83. The molecule has 3 nitrogen and oxygen atoms in total. The molecule has 0 radical (unpaired) electrons. The van der Waals surface area contributed by atoms with Crippen molar-refractivity contribution in [1.82, 2.24) is 10.2 Å². The molecule has 1 aliphatic rings. The Labute approximate surface area is 108 Å². The van der Waals surface area contributed by atoms with Crippen LogP contribution in [0.4, 0.5) is 4.39 Å². The van der Waals surface area contributed by atoms with Crippen molar-refractivity contribution in [3.8, 4) is 0 Å². The lowest BCUT2D eigenvalue weighted by Crippen LogP contribution is -2.53. The van der Waals surface area contributed by atoms with E-state index >= 15 is 0 Å². The molecule has 2 atom stereocenters. The number of halogens is 1. The number of hydrogen-bond acceptors (Lipinski definition) is 3. The fourth-order valence-corrected chi connectivity index (χ4v) is 2.51. The van der Waals surface area contributed by atoms with Gasteiger partial charge in [-0.3, -0.25) is 4.90 Å². The first-order chi connectivity index (χ1) is 8.72. The molecule has 100 valence electrons. The van der Waals surface area contributed by atoms with Crippen LogP contribution < -0.4 is 5.32 Å². The molecule has 0 bridgehead atoms. The third-order valence-electron chi connectivity index (χ3n) is 3.64. The number of likely N-dealkylation sites (N-methyl/N-ethyl adjacent to an activating group) is 2. The minimum atomic E-state index is -0.137. The summed E-state index contributed by atoms with van der Waals surface area (Å²) in [6.45, 7) is 2.12. The van der Waals surface area contributed by atoms with E-state index in [9.17, 15) is 4.39 Å². The molecule has 1 aromatic rings. The molecule has 18 heavy (non-hydrogen) atoms. The molecule has 1 N–H and O–H groups in total. The Morgan fingerprint density at radius 3 is 2.94 bits per heavy atom. The summed E-state index contributed by atoms with van der Waals surface area (Å²) in [5, 5.41) is 3.32. The van der Waals surface area contributed by atoms with Gasteiger partial charge in [-0.2, -0.15) is 0 Å². The Hall–Kier alpha value is -0.970. The van der Waals surface area contributed by atoms with E-state index in [1.807, 2.05) is 26.2 Å². The summed E-state index contributed by atoms with van der Waals surface area (Å²) in [5.74, 6) is -0.137. The van der Waals surface area contributed by atoms with Crippen molar-refractivity contribution >= 4 is 0 Å². The average Bonchev–Trinajstić information content (AvgIpc) is 2.41. The molecular formula is C14H21FN2O. The van der Waals surface area contributed by atoms with Gasteiger partial charge in [0.15, 0.2) is 0 Å². The predicted molar refractivity (Wildman–Crippen MR) is 69.9 cm³/mol. The van der Waals surface area contributed by atoms with Crippen LogP contribution in [0.25, 0.3) is 0 Å².